The molecule has 6 heteroatoms. The summed E-state index contributed by atoms with van der Waals surface area (Å²) in [5.74, 6) is 6.11. The van der Waals surface area contributed by atoms with E-state index in [0.29, 0.717) is 30.0 Å². The number of rotatable bonds is 3. The predicted octanol–water partition coefficient (Wildman–Crippen LogP) is 4.01. The molecule has 2 heterocycles. The van der Waals surface area contributed by atoms with E-state index < -0.39 is 5.60 Å². The van der Waals surface area contributed by atoms with E-state index in [1.807, 2.05) is 20.8 Å². The van der Waals surface area contributed by atoms with Gasteiger partial charge in [0.05, 0.1) is 12.2 Å². The minimum atomic E-state index is -0.517. The van der Waals surface area contributed by atoms with Crippen LogP contribution in [0.2, 0.25) is 0 Å². The van der Waals surface area contributed by atoms with Crippen molar-refractivity contribution in [1.82, 2.24) is 9.88 Å². The standard InChI is InChI=1S/C22H23FN2O3/c1-22(2,3)28-21(26)25-10-9-19(25)15-27-20-12-17(13-24-14-20)8-7-16-5-4-6-18(23)11-16/h4-6,11-14,19H,9-10,15H2,1-3H3. The highest BCUT2D eigenvalue weighted by Crippen LogP contribution is 2.22. The van der Waals surface area contributed by atoms with Crippen LogP contribution in [-0.2, 0) is 4.74 Å². The number of nitrogens with zero attached hydrogens (tertiary/aromatic N) is 2. The van der Waals surface area contributed by atoms with Gasteiger partial charge in [-0.25, -0.2) is 9.18 Å². The molecule has 0 N–H and O–H groups in total. The van der Waals surface area contributed by atoms with E-state index in [2.05, 4.69) is 16.8 Å². The van der Waals surface area contributed by atoms with Crippen molar-refractivity contribution in [3.8, 4) is 17.6 Å². The summed E-state index contributed by atoms with van der Waals surface area (Å²) >= 11 is 0. The molecule has 1 aromatic heterocycles. The summed E-state index contributed by atoms with van der Waals surface area (Å²) in [5.41, 5.74) is 0.740. The van der Waals surface area contributed by atoms with Crippen LogP contribution in [0.15, 0.2) is 42.7 Å². The van der Waals surface area contributed by atoms with E-state index in [9.17, 15) is 9.18 Å². The zero-order valence-electron chi connectivity index (χ0n) is 16.2. The summed E-state index contributed by atoms with van der Waals surface area (Å²) in [4.78, 5) is 18.0. The van der Waals surface area contributed by atoms with Crippen molar-refractivity contribution in [3.63, 3.8) is 0 Å². The zero-order chi connectivity index (χ0) is 20.1. The van der Waals surface area contributed by atoms with Crippen LogP contribution >= 0.6 is 0 Å². The summed E-state index contributed by atoms with van der Waals surface area (Å²) in [6, 6.07) is 7.87. The molecule has 28 heavy (non-hydrogen) atoms. The third-order valence-electron chi connectivity index (χ3n) is 4.10. The molecule has 1 saturated heterocycles. The first-order chi connectivity index (χ1) is 13.3. The highest BCUT2D eigenvalue weighted by Gasteiger charge is 2.35. The molecule has 2 aromatic rings. The van der Waals surface area contributed by atoms with Crippen LogP contribution in [0, 0.1) is 17.7 Å². The summed E-state index contributed by atoms with van der Waals surface area (Å²) in [6.07, 6.45) is 3.77. The minimum absolute atomic E-state index is 0.0168. The first-order valence-corrected chi connectivity index (χ1v) is 9.15. The lowest BCUT2D eigenvalue weighted by atomic mass is 10.1. The van der Waals surface area contributed by atoms with Crippen LogP contribution in [0.25, 0.3) is 0 Å². The molecule has 0 aliphatic carbocycles. The molecule has 146 valence electrons. The number of halogens is 1. The Morgan fingerprint density at radius 2 is 2.04 bits per heavy atom. The van der Waals surface area contributed by atoms with E-state index in [-0.39, 0.29) is 18.0 Å². The van der Waals surface area contributed by atoms with Gasteiger partial charge in [0.1, 0.15) is 23.8 Å². The lowest BCUT2D eigenvalue weighted by Crippen LogP contribution is -2.55. The molecule has 0 bridgehead atoms. The van der Waals surface area contributed by atoms with Gasteiger partial charge >= 0.3 is 6.09 Å². The van der Waals surface area contributed by atoms with E-state index in [1.54, 1.807) is 35.5 Å². The summed E-state index contributed by atoms with van der Waals surface area (Å²) < 4.78 is 24.4. The third-order valence-corrected chi connectivity index (χ3v) is 4.10. The van der Waals surface area contributed by atoms with Gasteiger partial charge in [-0.15, -0.1) is 0 Å². The van der Waals surface area contributed by atoms with Crippen LogP contribution in [0.4, 0.5) is 9.18 Å². The van der Waals surface area contributed by atoms with Gasteiger partial charge in [-0.1, -0.05) is 17.9 Å². The quantitative estimate of drug-likeness (QED) is 0.753. The number of ether oxygens (including phenoxy) is 2. The molecular formula is C22H23FN2O3. The molecule has 0 spiro atoms. The predicted molar refractivity (Wildman–Crippen MR) is 103 cm³/mol. The molecule has 1 amide bonds. The van der Waals surface area contributed by atoms with Crippen LogP contribution in [-0.4, -0.2) is 40.8 Å². The zero-order valence-corrected chi connectivity index (χ0v) is 16.2. The highest BCUT2D eigenvalue weighted by atomic mass is 19.1. The fraction of sp³-hybridized carbons (Fsp3) is 0.364. The first-order valence-electron chi connectivity index (χ1n) is 9.15. The van der Waals surface area contributed by atoms with Gasteiger partial charge in [0.15, 0.2) is 0 Å². The Balaban J connectivity index is 1.58. The van der Waals surface area contributed by atoms with Crippen LogP contribution in [0.3, 0.4) is 0 Å². The van der Waals surface area contributed by atoms with Crippen molar-refractivity contribution in [3.05, 3.63) is 59.7 Å². The Labute approximate surface area is 164 Å². The Hall–Kier alpha value is -3.07. The van der Waals surface area contributed by atoms with Gasteiger partial charge in [-0.05, 0) is 51.5 Å². The molecule has 0 saturated carbocycles. The van der Waals surface area contributed by atoms with E-state index in [0.717, 1.165) is 6.42 Å². The molecule has 1 atom stereocenters. The Kier molecular flexibility index (Phi) is 5.84. The topological polar surface area (TPSA) is 51.7 Å². The van der Waals surface area contributed by atoms with Crippen molar-refractivity contribution >= 4 is 6.09 Å². The molecule has 3 rings (SSSR count). The lowest BCUT2D eigenvalue weighted by molar-refractivity contribution is -0.0141. The highest BCUT2D eigenvalue weighted by molar-refractivity contribution is 5.69. The maximum Gasteiger partial charge on any atom is 0.410 e. The van der Waals surface area contributed by atoms with Gasteiger partial charge in [0.25, 0.3) is 0 Å². The molecule has 1 aromatic carbocycles. The number of carbonyl (C=O) groups is 1. The van der Waals surface area contributed by atoms with Crippen molar-refractivity contribution in [1.29, 1.82) is 0 Å². The van der Waals surface area contributed by atoms with Gasteiger partial charge < -0.3 is 14.4 Å². The first kappa shape index (κ1) is 19.7. The average Bonchev–Trinajstić information content (AvgIpc) is 2.58. The van der Waals surface area contributed by atoms with E-state index in [1.165, 1.54) is 12.1 Å². The number of pyridine rings is 1. The SMILES string of the molecule is CC(C)(C)OC(=O)N1CCC1COc1cncc(C#Cc2cccc(F)c2)c1. The average molecular weight is 382 g/mol. The molecule has 1 aliphatic heterocycles. The maximum atomic E-state index is 13.2. The maximum absolute atomic E-state index is 13.2. The normalized spacial score (nSPS) is 15.9. The number of hydrogen-bond acceptors (Lipinski definition) is 4. The number of carbonyl (C=O) groups excluding carboxylic acids is 1. The second-order valence-corrected chi connectivity index (χ2v) is 7.60. The minimum Gasteiger partial charge on any atom is -0.490 e. The molecule has 0 radical (unpaired) electrons. The summed E-state index contributed by atoms with van der Waals surface area (Å²) in [5, 5.41) is 0. The monoisotopic (exact) mass is 382 g/mol. The Morgan fingerprint density at radius 3 is 2.71 bits per heavy atom. The number of amides is 1. The molecule has 5 nitrogen and oxygen atoms in total. The van der Waals surface area contributed by atoms with Crippen molar-refractivity contribution in [2.75, 3.05) is 13.2 Å². The molecule has 1 unspecified atom stereocenters. The largest absolute Gasteiger partial charge is 0.490 e. The Morgan fingerprint density at radius 1 is 1.25 bits per heavy atom. The van der Waals surface area contributed by atoms with Crippen LogP contribution < -0.4 is 4.74 Å². The van der Waals surface area contributed by atoms with Crippen molar-refractivity contribution in [2.24, 2.45) is 0 Å². The fourth-order valence-corrected chi connectivity index (χ4v) is 2.64. The van der Waals surface area contributed by atoms with Crippen molar-refractivity contribution in [2.45, 2.75) is 38.8 Å². The number of likely N-dealkylation sites (tertiary alicyclic amines) is 1. The van der Waals surface area contributed by atoms with E-state index in [4.69, 9.17) is 9.47 Å². The fourth-order valence-electron chi connectivity index (χ4n) is 2.64. The molecule has 1 fully saturated rings. The third kappa shape index (κ3) is 5.46. The van der Waals surface area contributed by atoms with Crippen LogP contribution in [0.5, 0.6) is 5.75 Å². The van der Waals surface area contributed by atoms with Crippen LogP contribution in [0.1, 0.15) is 38.3 Å². The van der Waals surface area contributed by atoms with Crippen molar-refractivity contribution < 1.29 is 18.7 Å². The number of benzene rings is 1. The second-order valence-electron chi connectivity index (χ2n) is 7.60. The van der Waals surface area contributed by atoms with Gasteiger partial charge in [-0.2, -0.15) is 0 Å². The lowest BCUT2D eigenvalue weighted by Gasteiger charge is -2.40. The van der Waals surface area contributed by atoms with Gasteiger partial charge in [-0.3, -0.25) is 4.98 Å². The summed E-state index contributed by atoms with van der Waals surface area (Å²) in [6.45, 7) is 6.57. The van der Waals surface area contributed by atoms with Gasteiger partial charge in [0.2, 0.25) is 0 Å². The molecular weight excluding hydrogens is 359 g/mol. The van der Waals surface area contributed by atoms with E-state index >= 15 is 0 Å². The molecule has 1 aliphatic rings. The number of aromatic nitrogens is 1. The second kappa shape index (κ2) is 8.30. The smallest absolute Gasteiger partial charge is 0.410 e. The number of hydrogen-bond donors (Lipinski definition) is 0. The van der Waals surface area contributed by atoms with Gasteiger partial charge in [0, 0.05) is 23.9 Å². The Bertz CT molecular complexity index is 912. The summed E-state index contributed by atoms with van der Waals surface area (Å²) in [7, 11) is 0.